The van der Waals surface area contributed by atoms with Crippen molar-refractivity contribution in [2.45, 2.75) is 12.5 Å². The van der Waals surface area contributed by atoms with Crippen LogP contribution in [-0.2, 0) is 9.53 Å². The first-order valence-corrected chi connectivity index (χ1v) is 10.1. The van der Waals surface area contributed by atoms with Crippen molar-refractivity contribution >= 4 is 23.2 Å². The fraction of sp³-hybridized carbons (Fsp3) is 0.364. The molecule has 1 atom stereocenters. The molecule has 1 fully saturated rings. The molecule has 0 N–H and O–H groups in total. The Morgan fingerprint density at radius 2 is 1.90 bits per heavy atom. The quantitative estimate of drug-likeness (QED) is 0.754. The van der Waals surface area contributed by atoms with Gasteiger partial charge in [-0.25, -0.2) is 5.01 Å². The topological polar surface area (TPSA) is 54.4 Å². The minimum atomic E-state index is -0.214. The standard InChI is InChI=1S/C22H24ClN3O3/c1-28-17-8-6-16(7-9-17)20-14-21(18-4-2-3-5-19(18)23)26(24-20)22(27)15-25-10-12-29-13-11-25/h2-9,21H,10-15H2,1H3/t21-/m1/s1. The third-order valence-corrected chi connectivity index (χ3v) is 5.66. The number of carbonyl (C=O) groups is 1. The molecule has 29 heavy (non-hydrogen) atoms. The first kappa shape index (κ1) is 19.9. The van der Waals surface area contributed by atoms with Crippen molar-refractivity contribution in [3.05, 3.63) is 64.7 Å². The van der Waals surface area contributed by atoms with Crippen molar-refractivity contribution in [3.63, 3.8) is 0 Å². The Morgan fingerprint density at radius 3 is 2.59 bits per heavy atom. The maximum atomic E-state index is 13.2. The molecule has 0 spiro atoms. The van der Waals surface area contributed by atoms with E-state index in [1.807, 2.05) is 48.5 Å². The zero-order valence-corrected chi connectivity index (χ0v) is 17.1. The SMILES string of the molecule is COc1ccc(C2=NN(C(=O)CN3CCOCC3)[C@@H](c3ccccc3Cl)C2)cc1. The normalized spacial score (nSPS) is 19.9. The highest BCUT2D eigenvalue weighted by Crippen LogP contribution is 2.36. The Balaban J connectivity index is 1.61. The van der Waals surface area contributed by atoms with Crippen LogP contribution in [0.4, 0.5) is 0 Å². The maximum Gasteiger partial charge on any atom is 0.257 e. The Morgan fingerprint density at radius 1 is 1.17 bits per heavy atom. The molecule has 1 amide bonds. The second kappa shape index (κ2) is 8.95. The van der Waals surface area contributed by atoms with Crippen LogP contribution in [0.5, 0.6) is 5.75 Å². The van der Waals surface area contributed by atoms with Crippen molar-refractivity contribution in [1.82, 2.24) is 9.91 Å². The molecule has 0 unspecified atom stereocenters. The van der Waals surface area contributed by atoms with E-state index in [1.54, 1.807) is 12.1 Å². The second-order valence-corrected chi connectivity index (χ2v) is 7.55. The highest BCUT2D eigenvalue weighted by molar-refractivity contribution is 6.31. The lowest BCUT2D eigenvalue weighted by Gasteiger charge is -2.29. The average molecular weight is 414 g/mol. The van der Waals surface area contributed by atoms with Crippen LogP contribution in [0.2, 0.25) is 5.02 Å². The number of hydrogen-bond donors (Lipinski definition) is 0. The zero-order valence-electron chi connectivity index (χ0n) is 16.4. The van der Waals surface area contributed by atoms with E-state index in [-0.39, 0.29) is 11.9 Å². The summed E-state index contributed by atoms with van der Waals surface area (Å²) in [5.41, 5.74) is 2.76. The van der Waals surface area contributed by atoms with Gasteiger partial charge in [-0.3, -0.25) is 9.69 Å². The van der Waals surface area contributed by atoms with Crippen LogP contribution in [0.1, 0.15) is 23.6 Å². The second-order valence-electron chi connectivity index (χ2n) is 7.14. The highest BCUT2D eigenvalue weighted by atomic mass is 35.5. The zero-order chi connectivity index (χ0) is 20.2. The molecular weight excluding hydrogens is 390 g/mol. The molecule has 152 valence electrons. The van der Waals surface area contributed by atoms with Gasteiger partial charge in [0.2, 0.25) is 0 Å². The van der Waals surface area contributed by atoms with Gasteiger partial charge in [0.15, 0.2) is 0 Å². The lowest BCUT2D eigenvalue weighted by Crippen LogP contribution is -2.43. The number of halogens is 1. The van der Waals surface area contributed by atoms with Crippen LogP contribution in [0.15, 0.2) is 53.6 Å². The van der Waals surface area contributed by atoms with Crippen molar-refractivity contribution in [3.8, 4) is 5.75 Å². The van der Waals surface area contributed by atoms with Crippen molar-refractivity contribution in [1.29, 1.82) is 0 Å². The van der Waals surface area contributed by atoms with E-state index in [0.29, 0.717) is 31.2 Å². The van der Waals surface area contributed by atoms with E-state index in [4.69, 9.17) is 26.2 Å². The molecule has 4 rings (SSSR count). The summed E-state index contributed by atoms with van der Waals surface area (Å²) in [6.07, 6.45) is 0.616. The van der Waals surface area contributed by atoms with Gasteiger partial charge in [-0.2, -0.15) is 5.10 Å². The van der Waals surface area contributed by atoms with Gasteiger partial charge in [0.1, 0.15) is 5.75 Å². The Hall–Kier alpha value is -2.41. The molecule has 2 aliphatic rings. The summed E-state index contributed by atoms with van der Waals surface area (Å²) in [6, 6.07) is 15.2. The Labute approximate surface area is 175 Å². The van der Waals surface area contributed by atoms with Crippen molar-refractivity contribution in [2.75, 3.05) is 40.0 Å². The van der Waals surface area contributed by atoms with Crippen LogP contribution < -0.4 is 4.74 Å². The summed E-state index contributed by atoms with van der Waals surface area (Å²) in [5.74, 6) is 0.760. The first-order valence-electron chi connectivity index (χ1n) is 9.74. The number of hydrogen-bond acceptors (Lipinski definition) is 5. The molecule has 0 aliphatic carbocycles. The molecule has 0 radical (unpaired) electrons. The largest absolute Gasteiger partial charge is 0.497 e. The number of amides is 1. The number of rotatable bonds is 5. The summed E-state index contributed by atoms with van der Waals surface area (Å²) >= 11 is 6.47. The molecule has 1 saturated heterocycles. The molecule has 2 aromatic carbocycles. The number of methoxy groups -OCH3 is 1. The van der Waals surface area contributed by atoms with Crippen LogP contribution in [0.3, 0.4) is 0 Å². The van der Waals surface area contributed by atoms with Gasteiger partial charge in [-0.05, 0) is 41.5 Å². The molecule has 7 heteroatoms. The Bertz CT molecular complexity index is 894. The summed E-state index contributed by atoms with van der Waals surface area (Å²) < 4.78 is 10.6. The van der Waals surface area contributed by atoms with Gasteiger partial charge in [0.05, 0.1) is 38.6 Å². The summed E-state index contributed by atoms with van der Waals surface area (Å²) in [7, 11) is 1.64. The smallest absolute Gasteiger partial charge is 0.257 e. The number of carbonyl (C=O) groups excluding carboxylic acids is 1. The molecule has 0 saturated carbocycles. The van der Waals surface area contributed by atoms with Crippen LogP contribution >= 0.6 is 11.6 Å². The first-order chi connectivity index (χ1) is 14.2. The van der Waals surface area contributed by atoms with Gasteiger partial charge in [-0.15, -0.1) is 0 Å². The molecule has 0 aromatic heterocycles. The summed E-state index contributed by atoms with van der Waals surface area (Å²) in [6.45, 7) is 3.14. The van der Waals surface area contributed by atoms with Crippen LogP contribution in [0.25, 0.3) is 0 Å². The van der Waals surface area contributed by atoms with Crippen molar-refractivity contribution < 1.29 is 14.3 Å². The number of benzene rings is 2. The molecular formula is C22H24ClN3O3. The number of nitrogens with zero attached hydrogens (tertiary/aromatic N) is 3. The van der Waals surface area contributed by atoms with E-state index in [9.17, 15) is 4.79 Å². The maximum absolute atomic E-state index is 13.2. The van der Waals surface area contributed by atoms with Crippen LogP contribution in [-0.4, -0.2) is 61.5 Å². The van der Waals surface area contributed by atoms with Gasteiger partial charge >= 0.3 is 0 Å². The predicted molar refractivity (Wildman–Crippen MR) is 112 cm³/mol. The van der Waals surface area contributed by atoms with Gasteiger partial charge in [0.25, 0.3) is 5.91 Å². The van der Waals surface area contributed by atoms with E-state index >= 15 is 0 Å². The average Bonchev–Trinajstić information content (AvgIpc) is 3.20. The third kappa shape index (κ3) is 4.45. The van der Waals surface area contributed by atoms with Crippen molar-refractivity contribution in [2.24, 2.45) is 5.10 Å². The fourth-order valence-electron chi connectivity index (χ4n) is 3.71. The van der Waals surface area contributed by atoms with E-state index < -0.39 is 0 Å². The lowest BCUT2D eigenvalue weighted by atomic mass is 9.98. The van der Waals surface area contributed by atoms with E-state index in [1.165, 1.54) is 0 Å². The summed E-state index contributed by atoms with van der Waals surface area (Å²) in [5, 5.41) is 6.97. The minimum absolute atomic E-state index is 0.0275. The van der Waals surface area contributed by atoms with E-state index in [0.717, 1.165) is 35.7 Å². The fourth-order valence-corrected chi connectivity index (χ4v) is 3.97. The monoisotopic (exact) mass is 413 g/mol. The molecule has 2 aromatic rings. The van der Waals surface area contributed by atoms with Gasteiger partial charge in [0, 0.05) is 24.5 Å². The highest BCUT2D eigenvalue weighted by Gasteiger charge is 2.34. The number of morpholine rings is 1. The minimum Gasteiger partial charge on any atom is -0.497 e. The van der Waals surface area contributed by atoms with Gasteiger partial charge < -0.3 is 9.47 Å². The lowest BCUT2D eigenvalue weighted by molar-refractivity contribution is -0.135. The molecule has 6 nitrogen and oxygen atoms in total. The van der Waals surface area contributed by atoms with E-state index in [2.05, 4.69) is 4.90 Å². The van der Waals surface area contributed by atoms with Crippen LogP contribution in [0, 0.1) is 0 Å². The molecule has 2 aliphatic heterocycles. The number of ether oxygens (including phenoxy) is 2. The third-order valence-electron chi connectivity index (χ3n) is 5.32. The number of hydrazone groups is 1. The molecule has 0 bridgehead atoms. The predicted octanol–water partition coefficient (Wildman–Crippen LogP) is 3.36. The summed E-state index contributed by atoms with van der Waals surface area (Å²) in [4.78, 5) is 15.3. The molecule has 2 heterocycles. The van der Waals surface area contributed by atoms with Gasteiger partial charge in [-0.1, -0.05) is 29.8 Å². The Kier molecular flexibility index (Phi) is 6.13.